The summed E-state index contributed by atoms with van der Waals surface area (Å²) in [5.41, 5.74) is 3.43. The monoisotopic (exact) mass is 289 g/mol. The van der Waals surface area contributed by atoms with Crippen LogP contribution >= 0.6 is 11.3 Å². The molecule has 0 aliphatic rings. The lowest BCUT2D eigenvalue weighted by Crippen LogP contribution is -2.41. The summed E-state index contributed by atoms with van der Waals surface area (Å²) in [6, 6.07) is 10.6. The topological polar surface area (TPSA) is 45.2 Å². The molecule has 1 N–H and O–H groups in total. The van der Waals surface area contributed by atoms with Crippen LogP contribution in [0.1, 0.15) is 16.1 Å². The van der Waals surface area contributed by atoms with E-state index in [0.29, 0.717) is 12.2 Å². The van der Waals surface area contributed by atoms with E-state index in [9.17, 15) is 4.79 Å². The lowest BCUT2D eigenvalue weighted by atomic mass is 10.1. The molecule has 0 unspecified atom stereocenters. The van der Waals surface area contributed by atoms with E-state index in [4.69, 9.17) is 0 Å². The van der Waals surface area contributed by atoms with E-state index < -0.39 is 0 Å². The van der Waals surface area contributed by atoms with Gasteiger partial charge in [-0.2, -0.15) is 0 Å². The maximum Gasteiger partial charge on any atom is 0.270 e. The van der Waals surface area contributed by atoms with Crippen molar-refractivity contribution in [3.05, 3.63) is 52.5 Å². The van der Waals surface area contributed by atoms with Gasteiger partial charge in [0.05, 0.1) is 5.51 Å². The predicted molar refractivity (Wildman–Crippen MR) is 82.1 cm³/mol. The summed E-state index contributed by atoms with van der Waals surface area (Å²) < 4.78 is 0. The van der Waals surface area contributed by atoms with Crippen molar-refractivity contribution in [1.29, 1.82) is 0 Å². The minimum Gasteiger partial charge on any atom is -0.349 e. The normalized spacial score (nSPS) is 12.3. The minimum atomic E-state index is -0.105. The molecule has 1 heterocycles. The average molecular weight is 289 g/mol. The Balaban J connectivity index is 1.91. The van der Waals surface area contributed by atoms with Crippen LogP contribution in [0.15, 0.2) is 41.2 Å². The summed E-state index contributed by atoms with van der Waals surface area (Å²) in [5, 5.41) is 4.71. The quantitative estimate of drug-likeness (QED) is 0.885. The number of rotatable bonds is 6. The lowest BCUT2D eigenvalue weighted by molar-refractivity contribution is 0.0937. The Kier molecular flexibility index (Phi) is 5.26. The number of aromatic nitrogens is 1. The molecule has 0 aliphatic carbocycles. The van der Waals surface area contributed by atoms with Crippen molar-refractivity contribution in [3.8, 4) is 0 Å². The van der Waals surface area contributed by atoms with Gasteiger partial charge in [0.25, 0.3) is 5.91 Å². The number of benzene rings is 1. The number of thiazole rings is 1. The molecule has 0 saturated heterocycles. The van der Waals surface area contributed by atoms with Gasteiger partial charge in [-0.25, -0.2) is 4.98 Å². The molecular weight excluding hydrogens is 270 g/mol. The van der Waals surface area contributed by atoms with Crippen LogP contribution < -0.4 is 5.32 Å². The number of hydrogen-bond donors (Lipinski definition) is 1. The van der Waals surface area contributed by atoms with E-state index in [0.717, 1.165) is 6.42 Å². The Morgan fingerprint density at radius 1 is 1.35 bits per heavy atom. The number of hydrogen-bond acceptors (Lipinski definition) is 4. The summed E-state index contributed by atoms with van der Waals surface area (Å²) >= 11 is 1.43. The maximum absolute atomic E-state index is 11.9. The highest BCUT2D eigenvalue weighted by Crippen LogP contribution is 2.07. The van der Waals surface area contributed by atoms with Crippen molar-refractivity contribution < 1.29 is 4.79 Å². The molecule has 1 amide bonds. The third-order valence-corrected chi connectivity index (χ3v) is 3.79. The van der Waals surface area contributed by atoms with E-state index in [1.54, 1.807) is 10.9 Å². The van der Waals surface area contributed by atoms with Gasteiger partial charge in [0, 0.05) is 18.0 Å². The molecule has 0 fully saturated rings. The number of likely N-dealkylation sites (N-methyl/N-ethyl adjacent to an activating group) is 1. The lowest BCUT2D eigenvalue weighted by Gasteiger charge is -2.24. The molecule has 0 saturated carbocycles. The molecule has 0 aliphatic heterocycles. The van der Waals surface area contributed by atoms with E-state index >= 15 is 0 Å². The van der Waals surface area contributed by atoms with E-state index in [-0.39, 0.29) is 11.9 Å². The van der Waals surface area contributed by atoms with Crippen LogP contribution in [0.2, 0.25) is 0 Å². The van der Waals surface area contributed by atoms with Gasteiger partial charge in [0.2, 0.25) is 0 Å². The summed E-state index contributed by atoms with van der Waals surface area (Å²) in [6.45, 7) is 0.609. The molecule has 106 valence electrons. The van der Waals surface area contributed by atoms with E-state index in [1.807, 2.05) is 32.3 Å². The van der Waals surface area contributed by atoms with Gasteiger partial charge in [-0.3, -0.25) is 4.79 Å². The Morgan fingerprint density at radius 2 is 2.10 bits per heavy atom. The molecule has 1 aromatic heterocycles. The Labute approximate surface area is 123 Å². The third-order valence-electron chi connectivity index (χ3n) is 3.21. The Hall–Kier alpha value is -1.72. The molecule has 0 radical (unpaired) electrons. The first-order valence-corrected chi connectivity index (χ1v) is 7.48. The van der Waals surface area contributed by atoms with Crippen LogP contribution in [-0.4, -0.2) is 42.5 Å². The third kappa shape index (κ3) is 4.15. The van der Waals surface area contributed by atoms with Crippen LogP contribution in [0.3, 0.4) is 0 Å². The number of nitrogens with zero attached hydrogens (tertiary/aromatic N) is 2. The molecule has 20 heavy (non-hydrogen) atoms. The number of amides is 1. The molecule has 1 atom stereocenters. The second-order valence-electron chi connectivity index (χ2n) is 4.89. The van der Waals surface area contributed by atoms with Crippen molar-refractivity contribution in [2.24, 2.45) is 0 Å². The van der Waals surface area contributed by atoms with Crippen LogP contribution in [-0.2, 0) is 6.42 Å². The zero-order valence-corrected chi connectivity index (χ0v) is 12.6. The smallest absolute Gasteiger partial charge is 0.270 e. The fourth-order valence-electron chi connectivity index (χ4n) is 1.95. The van der Waals surface area contributed by atoms with Crippen molar-refractivity contribution in [3.63, 3.8) is 0 Å². The predicted octanol–water partition coefficient (Wildman–Crippen LogP) is 2.05. The van der Waals surface area contributed by atoms with Crippen LogP contribution in [0, 0.1) is 0 Å². The summed E-state index contributed by atoms with van der Waals surface area (Å²) in [6.07, 6.45) is 0.908. The zero-order chi connectivity index (χ0) is 14.4. The Morgan fingerprint density at radius 3 is 2.70 bits per heavy atom. The summed E-state index contributed by atoms with van der Waals surface area (Å²) in [5.74, 6) is -0.105. The van der Waals surface area contributed by atoms with Crippen molar-refractivity contribution in [1.82, 2.24) is 15.2 Å². The first-order chi connectivity index (χ1) is 9.66. The highest BCUT2D eigenvalue weighted by atomic mass is 32.1. The van der Waals surface area contributed by atoms with E-state index in [2.05, 4.69) is 27.3 Å². The van der Waals surface area contributed by atoms with Crippen LogP contribution in [0.25, 0.3) is 0 Å². The summed E-state index contributed by atoms with van der Waals surface area (Å²) in [4.78, 5) is 18.0. The first-order valence-electron chi connectivity index (χ1n) is 6.53. The van der Waals surface area contributed by atoms with Gasteiger partial charge >= 0.3 is 0 Å². The molecule has 0 bridgehead atoms. The number of carbonyl (C=O) groups is 1. The van der Waals surface area contributed by atoms with Gasteiger partial charge in [0.15, 0.2) is 0 Å². The molecule has 2 aromatic rings. The largest absolute Gasteiger partial charge is 0.349 e. The molecule has 2 rings (SSSR count). The number of nitrogens with one attached hydrogen (secondary N) is 1. The number of carbonyl (C=O) groups excluding carboxylic acids is 1. The van der Waals surface area contributed by atoms with E-state index in [1.165, 1.54) is 16.9 Å². The highest BCUT2D eigenvalue weighted by Gasteiger charge is 2.15. The van der Waals surface area contributed by atoms with Gasteiger partial charge in [-0.15, -0.1) is 11.3 Å². The van der Waals surface area contributed by atoms with Gasteiger partial charge in [-0.05, 0) is 26.1 Å². The molecular formula is C15H19N3OS. The van der Waals surface area contributed by atoms with Crippen molar-refractivity contribution >= 4 is 17.2 Å². The van der Waals surface area contributed by atoms with Crippen LogP contribution in [0.5, 0.6) is 0 Å². The minimum absolute atomic E-state index is 0.105. The molecule has 0 spiro atoms. The average Bonchev–Trinajstić information content (AvgIpc) is 2.98. The maximum atomic E-state index is 11.9. The molecule has 4 nitrogen and oxygen atoms in total. The molecule has 1 aromatic carbocycles. The second-order valence-corrected chi connectivity index (χ2v) is 5.61. The zero-order valence-electron chi connectivity index (χ0n) is 11.7. The fraction of sp³-hybridized carbons (Fsp3) is 0.333. The second kappa shape index (κ2) is 7.17. The Bertz CT molecular complexity index is 525. The summed E-state index contributed by atoms with van der Waals surface area (Å²) in [7, 11) is 4.06. The SMILES string of the molecule is CN(C)[C@H](CNC(=O)c1cscn1)Cc1ccccc1. The fourth-order valence-corrected chi connectivity index (χ4v) is 2.48. The van der Waals surface area contributed by atoms with Crippen molar-refractivity contribution in [2.75, 3.05) is 20.6 Å². The van der Waals surface area contributed by atoms with Crippen LogP contribution in [0.4, 0.5) is 0 Å². The van der Waals surface area contributed by atoms with Gasteiger partial charge in [-0.1, -0.05) is 30.3 Å². The van der Waals surface area contributed by atoms with Gasteiger partial charge < -0.3 is 10.2 Å². The van der Waals surface area contributed by atoms with Crippen molar-refractivity contribution in [2.45, 2.75) is 12.5 Å². The first kappa shape index (κ1) is 14.7. The van der Waals surface area contributed by atoms with Gasteiger partial charge in [0.1, 0.15) is 5.69 Å². The molecule has 5 heteroatoms. The standard InChI is InChI=1S/C15H19N3OS/c1-18(2)13(8-12-6-4-3-5-7-12)9-16-15(19)14-10-20-11-17-14/h3-7,10-11,13H,8-9H2,1-2H3,(H,16,19)/t13-/m0/s1. The highest BCUT2D eigenvalue weighted by molar-refractivity contribution is 7.07.